The monoisotopic (exact) mass is 354 g/mol. The van der Waals surface area contributed by atoms with Gasteiger partial charge in [0.25, 0.3) is 0 Å². The number of carboxylic acids is 1. The van der Waals surface area contributed by atoms with Gasteiger partial charge in [-0.2, -0.15) is 0 Å². The van der Waals surface area contributed by atoms with Gasteiger partial charge in [-0.3, -0.25) is 0 Å². The topological polar surface area (TPSA) is 66.6 Å². The molecule has 4 heteroatoms. The molecular formula is C22H30N2O2. The number of benzene rings is 2. The van der Waals surface area contributed by atoms with Crippen molar-refractivity contribution in [3.8, 4) is 11.1 Å². The molecular weight excluding hydrogens is 324 g/mol. The average Bonchev–Trinajstić information content (AvgIpc) is 2.52. The fraction of sp³-hybridized carbons (Fsp3) is 0.409. The number of carboxylic acid groups (broad SMARTS) is 1. The number of hydrogen-bond acceptors (Lipinski definition) is 3. The van der Waals surface area contributed by atoms with Crippen LogP contribution in [0.25, 0.3) is 11.1 Å². The fourth-order valence-corrected chi connectivity index (χ4v) is 3.36. The summed E-state index contributed by atoms with van der Waals surface area (Å²) in [6.07, 6.45) is 0. The van der Waals surface area contributed by atoms with E-state index in [1.807, 2.05) is 43.3 Å². The van der Waals surface area contributed by atoms with Crippen LogP contribution in [0.3, 0.4) is 0 Å². The van der Waals surface area contributed by atoms with Crippen LogP contribution >= 0.6 is 0 Å². The molecule has 0 spiro atoms. The zero-order chi connectivity index (χ0) is 19.4. The van der Waals surface area contributed by atoms with Crippen LogP contribution in [0.5, 0.6) is 0 Å². The second kappa shape index (κ2) is 8.26. The van der Waals surface area contributed by atoms with Crippen LogP contribution in [0.4, 0.5) is 11.4 Å². The minimum atomic E-state index is -0.915. The van der Waals surface area contributed by atoms with Gasteiger partial charge >= 0.3 is 5.97 Å². The van der Waals surface area contributed by atoms with E-state index in [1.165, 1.54) is 0 Å². The average molecular weight is 354 g/mol. The molecule has 0 saturated carbocycles. The minimum absolute atomic E-state index is 0.334. The maximum absolute atomic E-state index is 11.7. The molecule has 2 aromatic carbocycles. The van der Waals surface area contributed by atoms with Crippen molar-refractivity contribution in [1.82, 2.24) is 0 Å². The normalized spacial score (nSPS) is 11.2. The molecule has 2 aromatic rings. The highest BCUT2D eigenvalue weighted by molar-refractivity contribution is 5.98. The Kier molecular flexibility index (Phi) is 6.30. The van der Waals surface area contributed by atoms with Crippen LogP contribution < -0.4 is 10.6 Å². The Bertz CT molecular complexity index is 772. The number of aromatic carboxylic acids is 1. The molecule has 0 aliphatic heterocycles. The van der Waals surface area contributed by atoms with E-state index in [4.69, 9.17) is 5.73 Å². The standard InChI is InChI=1S/C22H30N2O2/c1-14(2)12-24(13-15(3)4)20-10-9-17(11-19(20)23)18-8-6-7-16(5)21(18)22(25)26/h6-11,14-15H,12-13,23H2,1-5H3,(H,25,26). The molecule has 140 valence electrons. The first-order valence-corrected chi connectivity index (χ1v) is 9.18. The number of nitrogen functional groups attached to an aromatic ring is 1. The summed E-state index contributed by atoms with van der Waals surface area (Å²) in [7, 11) is 0. The van der Waals surface area contributed by atoms with Crippen molar-refractivity contribution in [3.63, 3.8) is 0 Å². The van der Waals surface area contributed by atoms with Gasteiger partial charge in [-0.25, -0.2) is 4.79 Å². The number of rotatable bonds is 7. The lowest BCUT2D eigenvalue weighted by atomic mass is 9.95. The summed E-state index contributed by atoms with van der Waals surface area (Å²) >= 11 is 0. The SMILES string of the molecule is Cc1cccc(-c2ccc(N(CC(C)C)CC(C)C)c(N)c2)c1C(=O)O. The summed E-state index contributed by atoms with van der Waals surface area (Å²) in [5, 5.41) is 9.58. The Labute approximate surface area is 156 Å². The molecule has 0 bridgehead atoms. The Morgan fingerprint density at radius 3 is 2.19 bits per heavy atom. The van der Waals surface area contributed by atoms with E-state index in [0.717, 1.165) is 29.9 Å². The number of nitrogens with zero attached hydrogens (tertiary/aromatic N) is 1. The third-order valence-electron chi connectivity index (χ3n) is 4.34. The summed E-state index contributed by atoms with van der Waals surface area (Å²) in [6.45, 7) is 12.5. The summed E-state index contributed by atoms with van der Waals surface area (Å²) in [5.41, 5.74) is 10.7. The summed E-state index contributed by atoms with van der Waals surface area (Å²) in [5.74, 6) is 0.147. The van der Waals surface area contributed by atoms with Gasteiger partial charge in [-0.05, 0) is 47.6 Å². The van der Waals surface area contributed by atoms with Crippen molar-refractivity contribution in [1.29, 1.82) is 0 Å². The Balaban J connectivity index is 2.47. The van der Waals surface area contributed by atoms with Crippen LogP contribution in [0.1, 0.15) is 43.6 Å². The molecule has 0 aromatic heterocycles. The van der Waals surface area contributed by atoms with E-state index in [-0.39, 0.29) is 0 Å². The molecule has 26 heavy (non-hydrogen) atoms. The maximum atomic E-state index is 11.7. The van der Waals surface area contributed by atoms with Crippen LogP contribution in [0, 0.1) is 18.8 Å². The largest absolute Gasteiger partial charge is 0.478 e. The van der Waals surface area contributed by atoms with Gasteiger partial charge in [0.05, 0.1) is 16.9 Å². The molecule has 0 unspecified atom stereocenters. The second-order valence-electron chi connectivity index (χ2n) is 7.77. The van der Waals surface area contributed by atoms with Gasteiger partial charge < -0.3 is 15.7 Å². The zero-order valence-corrected chi connectivity index (χ0v) is 16.4. The van der Waals surface area contributed by atoms with Crippen LogP contribution in [0.15, 0.2) is 36.4 Å². The molecule has 0 aliphatic carbocycles. The van der Waals surface area contributed by atoms with Crippen molar-refractivity contribution in [3.05, 3.63) is 47.5 Å². The highest BCUT2D eigenvalue weighted by atomic mass is 16.4. The van der Waals surface area contributed by atoms with Crippen molar-refractivity contribution in [2.45, 2.75) is 34.6 Å². The molecule has 0 fully saturated rings. The van der Waals surface area contributed by atoms with E-state index >= 15 is 0 Å². The van der Waals surface area contributed by atoms with Gasteiger partial charge in [0, 0.05) is 13.1 Å². The van der Waals surface area contributed by atoms with Gasteiger partial charge in [0.1, 0.15) is 0 Å². The highest BCUT2D eigenvalue weighted by Gasteiger charge is 2.17. The quantitative estimate of drug-likeness (QED) is 0.682. The maximum Gasteiger partial charge on any atom is 0.336 e. The Hall–Kier alpha value is -2.49. The predicted molar refractivity (Wildman–Crippen MR) is 110 cm³/mol. The van der Waals surface area contributed by atoms with E-state index in [9.17, 15) is 9.90 Å². The first-order chi connectivity index (χ1) is 12.2. The smallest absolute Gasteiger partial charge is 0.336 e. The molecule has 2 rings (SSSR count). The lowest BCUT2D eigenvalue weighted by molar-refractivity contribution is 0.0697. The molecule has 0 aliphatic rings. The molecule has 0 atom stereocenters. The van der Waals surface area contributed by atoms with Crippen LogP contribution in [0.2, 0.25) is 0 Å². The van der Waals surface area contributed by atoms with E-state index < -0.39 is 5.97 Å². The van der Waals surface area contributed by atoms with E-state index in [1.54, 1.807) is 0 Å². The molecule has 4 nitrogen and oxygen atoms in total. The van der Waals surface area contributed by atoms with Gasteiger partial charge in [-0.15, -0.1) is 0 Å². The third kappa shape index (κ3) is 4.57. The Morgan fingerprint density at radius 1 is 1.08 bits per heavy atom. The van der Waals surface area contributed by atoms with Crippen molar-refractivity contribution in [2.24, 2.45) is 11.8 Å². The van der Waals surface area contributed by atoms with Crippen molar-refractivity contribution >= 4 is 17.3 Å². The van der Waals surface area contributed by atoms with E-state index in [0.29, 0.717) is 28.7 Å². The minimum Gasteiger partial charge on any atom is -0.478 e. The number of anilines is 2. The fourth-order valence-electron chi connectivity index (χ4n) is 3.36. The molecule has 0 saturated heterocycles. The first kappa shape index (κ1) is 19.8. The lowest BCUT2D eigenvalue weighted by Crippen LogP contribution is -2.31. The van der Waals surface area contributed by atoms with Crippen LogP contribution in [-0.4, -0.2) is 24.2 Å². The number of hydrogen-bond donors (Lipinski definition) is 2. The van der Waals surface area contributed by atoms with Crippen LogP contribution in [-0.2, 0) is 0 Å². The van der Waals surface area contributed by atoms with Crippen molar-refractivity contribution in [2.75, 3.05) is 23.7 Å². The van der Waals surface area contributed by atoms with Crippen molar-refractivity contribution < 1.29 is 9.90 Å². The highest BCUT2D eigenvalue weighted by Crippen LogP contribution is 2.33. The van der Waals surface area contributed by atoms with E-state index in [2.05, 4.69) is 32.6 Å². The zero-order valence-electron chi connectivity index (χ0n) is 16.4. The molecule has 3 N–H and O–H groups in total. The second-order valence-corrected chi connectivity index (χ2v) is 7.77. The number of nitrogens with two attached hydrogens (primary N) is 1. The summed E-state index contributed by atoms with van der Waals surface area (Å²) < 4.78 is 0. The predicted octanol–water partition coefficient (Wildman–Crippen LogP) is 5.06. The molecule has 0 radical (unpaired) electrons. The number of carbonyl (C=O) groups is 1. The van der Waals surface area contributed by atoms with Gasteiger partial charge in [0.15, 0.2) is 0 Å². The first-order valence-electron chi connectivity index (χ1n) is 9.18. The lowest BCUT2D eigenvalue weighted by Gasteiger charge is -2.30. The van der Waals surface area contributed by atoms with Gasteiger partial charge in [0.2, 0.25) is 0 Å². The van der Waals surface area contributed by atoms with Gasteiger partial charge in [-0.1, -0.05) is 52.0 Å². The summed E-state index contributed by atoms with van der Waals surface area (Å²) in [6, 6.07) is 11.4. The molecule has 0 heterocycles. The summed E-state index contributed by atoms with van der Waals surface area (Å²) in [4.78, 5) is 14.0. The molecule has 0 amide bonds. The third-order valence-corrected chi connectivity index (χ3v) is 4.34. The Morgan fingerprint density at radius 2 is 1.69 bits per heavy atom. The number of aryl methyl sites for hydroxylation is 1.